The smallest absolute Gasteiger partial charge is 0.123 e. The van der Waals surface area contributed by atoms with E-state index < -0.39 is 0 Å². The Morgan fingerprint density at radius 2 is 2.07 bits per heavy atom. The summed E-state index contributed by atoms with van der Waals surface area (Å²) in [4.78, 5) is 2.30. The van der Waals surface area contributed by atoms with Crippen molar-refractivity contribution in [1.82, 2.24) is 4.90 Å². The van der Waals surface area contributed by atoms with Crippen LogP contribution < -0.4 is 5.73 Å². The van der Waals surface area contributed by atoms with Gasteiger partial charge in [-0.25, -0.2) is 4.39 Å². The first-order valence-electron chi connectivity index (χ1n) is 5.38. The molecule has 0 aliphatic carbocycles. The molecule has 1 fully saturated rings. The Labute approximate surface area is 89.9 Å². The molecular weight excluding hydrogens is 191 g/mol. The Kier molecular flexibility index (Phi) is 3.03. The minimum absolute atomic E-state index is 0.177. The van der Waals surface area contributed by atoms with Crippen molar-refractivity contribution in [3.05, 3.63) is 35.6 Å². The predicted molar refractivity (Wildman–Crippen MR) is 58.9 cm³/mol. The summed E-state index contributed by atoms with van der Waals surface area (Å²) >= 11 is 0. The fourth-order valence-corrected chi connectivity index (χ4v) is 2.46. The van der Waals surface area contributed by atoms with Gasteiger partial charge in [-0.05, 0) is 50.2 Å². The Morgan fingerprint density at radius 3 is 2.67 bits per heavy atom. The van der Waals surface area contributed by atoms with Crippen LogP contribution in [0.4, 0.5) is 4.39 Å². The molecule has 2 atom stereocenters. The average molecular weight is 208 g/mol. The molecule has 3 heteroatoms. The molecule has 2 N–H and O–H groups in total. The van der Waals surface area contributed by atoms with Crippen molar-refractivity contribution in [2.45, 2.75) is 12.5 Å². The van der Waals surface area contributed by atoms with Gasteiger partial charge >= 0.3 is 0 Å². The number of halogens is 1. The summed E-state index contributed by atoms with van der Waals surface area (Å²) in [5, 5.41) is 0. The third-order valence-corrected chi connectivity index (χ3v) is 3.29. The zero-order valence-corrected chi connectivity index (χ0v) is 8.99. The van der Waals surface area contributed by atoms with Crippen LogP contribution in [0.25, 0.3) is 0 Å². The minimum Gasteiger partial charge on any atom is -0.330 e. The summed E-state index contributed by atoms with van der Waals surface area (Å²) < 4.78 is 12.8. The van der Waals surface area contributed by atoms with Crippen LogP contribution in [0, 0.1) is 11.7 Å². The van der Waals surface area contributed by atoms with Crippen molar-refractivity contribution >= 4 is 0 Å². The maximum absolute atomic E-state index is 12.8. The highest BCUT2D eigenvalue weighted by Gasteiger charge is 2.31. The second-order valence-corrected chi connectivity index (χ2v) is 4.26. The lowest BCUT2D eigenvalue weighted by Gasteiger charge is -2.24. The molecule has 2 rings (SSSR count). The van der Waals surface area contributed by atoms with Crippen LogP contribution in [0.2, 0.25) is 0 Å². The Bertz CT molecular complexity index is 323. The number of hydrogen-bond donors (Lipinski definition) is 1. The Morgan fingerprint density at radius 1 is 1.40 bits per heavy atom. The van der Waals surface area contributed by atoms with E-state index in [0.717, 1.165) is 13.0 Å². The predicted octanol–water partition coefficient (Wildman–Crippen LogP) is 1.78. The molecule has 2 unspecified atom stereocenters. The highest BCUT2D eigenvalue weighted by Crippen LogP contribution is 2.35. The third-order valence-electron chi connectivity index (χ3n) is 3.29. The van der Waals surface area contributed by atoms with E-state index in [0.29, 0.717) is 18.5 Å². The average Bonchev–Trinajstić information content (AvgIpc) is 2.61. The van der Waals surface area contributed by atoms with Gasteiger partial charge in [0.2, 0.25) is 0 Å². The normalized spacial score (nSPS) is 27.1. The van der Waals surface area contributed by atoms with Crippen LogP contribution in [-0.2, 0) is 0 Å². The quantitative estimate of drug-likeness (QED) is 0.802. The molecule has 0 bridgehead atoms. The number of likely N-dealkylation sites (tertiary alicyclic amines) is 1. The van der Waals surface area contributed by atoms with Gasteiger partial charge in [0.25, 0.3) is 0 Å². The van der Waals surface area contributed by atoms with Crippen LogP contribution in [-0.4, -0.2) is 25.0 Å². The fraction of sp³-hybridized carbons (Fsp3) is 0.500. The summed E-state index contributed by atoms with van der Waals surface area (Å²) in [6.45, 7) is 1.77. The van der Waals surface area contributed by atoms with E-state index >= 15 is 0 Å². The van der Waals surface area contributed by atoms with Crippen LogP contribution in [0.1, 0.15) is 18.0 Å². The van der Waals surface area contributed by atoms with Gasteiger partial charge in [0.1, 0.15) is 5.82 Å². The van der Waals surface area contributed by atoms with Gasteiger partial charge in [-0.15, -0.1) is 0 Å². The summed E-state index contributed by atoms with van der Waals surface area (Å²) in [7, 11) is 2.10. The summed E-state index contributed by atoms with van der Waals surface area (Å²) in [6.07, 6.45) is 1.13. The van der Waals surface area contributed by atoms with E-state index in [4.69, 9.17) is 5.73 Å². The molecule has 2 nitrogen and oxygen atoms in total. The molecule has 0 radical (unpaired) electrons. The van der Waals surface area contributed by atoms with E-state index in [9.17, 15) is 4.39 Å². The maximum Gasteiger partial charge on any atom is 0.123 e. The number of benzene rings is 1. The van der Waals surface area contributed by atoms with Gasteiger partial charge in [0, 0.05) is 6.04 Å². The van der Waals surface area contributed by atoms with Gasteiger partial charge in [0.05, 0.1) is 0 Å². The molecule has 1 aromatic rings. The van der Waals surface area contributed by atoms with Gasteiger partial charge < -0.3 is 5.73 Å². The highest BCUT2D eigenvalue weighted by molar-refractivity contribution is 5.22. The van der Waals surface area contributed by atoms with Crippen LogP contribution >= 0.6 is 0 Å². The van der Waals surface area contributed by atoms with E-state index in [-0.39, 0.29) is 5.82 Å². The zero-order chi connectivity index (χ0) is 10.8. The van der Waals surface area contributed by atoms with E-state index in [1.54, 1.807) is 0 Å². The number of nitrogens with two attached hydrogens (primary N) is 1. The molecule has 1 heterocycles. The lowest BCUT2D eigenvalue weighted by Crippen LogP contribution is -2.25. The minimum atomic E-state index is -0.177. The molecular formula is C12H17FN2. The fourth-order valence-electron chi connectivity index (χ4n) is 2.46. The second-order valence-electron chi connectivity index (χ2n) is 4.26. The standard InChI is InChI=1S/C12H17FN2/c1-15-7-6-10(8-14)12(15)9-2-4-11(13)5-3-9/h2-5,10,12H,6-8,14H2,1H3. The van der Waals surface area contributed by atoms with Crippen LogP contribution in [0.15, 0.2) is 24.3 Å². The number of rotatable bonds is 2. The Balaban J connectivity index is 2.24. The lowest BCUT2D eigenvalue weighted by molar-refractivity contribution is 0.279. The molecule has 1 aliphatic rings. The molecule has 1 aromatic carbocycles. The first-order chi connectivity index (χ1) is 7.22. The molecule has 1 saturated heterocycles. The molecule has 15 heavy (non-hydrogen) atoms. The highest BCUT2D eigenvalue weighted by atomic mass is 19.1. The van der Waals surface area contributed by atoms with Crippen molar-refractivity contribution in [3.8, 4) is 0 Å². The summed E-state index contributed by atoms with van der Waals surface area (Å²) in [6, 6.07) is 7.13. The van der Waals surface area contributed by atoms with Crippen molar-refractivity contribution in [2.24, 2.45) is 11.7 Å². The van der Waals surface area contributed by atoms with Crippen molar-refractivity contribution in [2.75, 3.05) is 20.1 Å². The lowest BCUT2D eigenvalue weighted by atomic mass is 9.94. The number of hydrogen-bond acceptors (Lipinski definition) is 2. The molecule has 0 amide bonds. The summed E-state index contributed by atoms with van der Waals surface area (Å²) in [5.41, 5.74) is 6.93. The van der Waals surface area contributed by atoms with Gasteiger partial charge in [-0.2, -0.15) is 0 Å². The molecule has 82 valence electrons. The third kappa shape index (κ3) is 2.03. The first kappa shape index (κ1) is 10.6. The molecule has 0 aromatic heterocycles. The van der Waals surface area contributed by atoms with Crippen LogP contribution in [0.5, 0.6) is 0 Å². The van der Waals surface area contributed by atoms with Gasteiger partial charge in [-0.1, -0.05) is 12.1 Å². The molecule has 0 saturated carbocycles. The van der Waals surface area contributed by atoms with Crippen molar-refractivity contribution in [3.63, 3.8) is 0 Å². The zero-order valence-electron chi connectivity index (χ0n) is 8.99. The van der Waals surface area contributed by atoms with Crippen molar-refractivity contribution < 1.29 is 4.39 Å². The molecule has 1 aliphatic heterocycles. The summed E-state index contributed by atoms with van der Waals surface area (Å²) in [5.74, 6) is 0.323. The first-order valence-corrected chi connectivity index (χ1v) is 5.38. The largest absolute Gasteiger partial charge is 0.330 e. The maximum atomic E-state index is 12.8. The van der Waals surface area contributed by atoms with E-state index in [2.05, 4.69) is 11.9 Å². The van der Waals surface area contributed by atoms with E-state index in [1.807, 2.05) is 12.1 Å². The van der Waals surface area contributed by atoms with Crippen molar-refractivity contribution in [1.29, 1.82) is 0 Å². The SMILES string of the molecule is CN1CCC(CN)C1c1ccc(F)cc1. The topological polar surface area (TPSA) is 29.3 Å². The second kappa shape index (κ2) is 4.29. The van der Waals surface area contributed by atoms with Gasteiger partial charge in [-0.3, -0.25) is 4.90 Å². The van der Waals surface area contributed by atoms with Crippen LogP contribution in [0.3, 0.4) is 0 Å². The number of nitrogens with zero attached hydrogens (tertiary/aromatic N) is 1. The Hall–Kier alpha value is -0.930. The van der Waals surface area contributed by atoms with E-state index in [1.165, 1.54) is 17.7 Å². The molecule has 0 spiro atoms. The monoisotopic (exact) mass is 208 g/mol. The van der Waals surface area contributed by atoms with Gasteiger partial charge in [0.15, 0.2) is 0 Å².